The van der Waals surface area contributed by atoms with E-state index in [1.807, 2.05) is 16.8 Å². The predicted octanol–water partition coefficient (Wildman–Crippen LogP) is 3.20. The molecule has 0 aromatic carbocycles. The lowest BCUT2D eigenvalue weighted by atomic mass is 10.1. The molecule has 0 saturated carbocycles. The number of halogens is 1. The maximum atomic E-state index is 5.72. The largest absolute Gasteiger partial charge is 0.307 e. The molecule has 0 bridgehead atoms. The molecule has 2 heterocycles. The molecule has 3 heteroatoms. The number of hydrogen-bond donors (Lipinski definition) is 0. The normalized spacial score (nSPS) is 11.4. The Morgan fingerprint density at radius 1 is 1.50 bits per heavy atom. The van der Waals surface area contributed by atoms with E-state index in [1.54, 1.807) is 0 Å². The molecule has 74 valence electrons. The Kier molecular flexibility index (Phi) is 2.46. The molecule has 0 aliphatic rings. The van der Waals surface area contributed by atoms with Gasteiger partial charge in [-0.05, 0) is 23.6 Å². The number of imidazole rings is 1. The number of aromatic nitrogens is 2. The highest BCUT2D eigenvalue weighted by Crippen LogP contribution is 2.16. The van der Waals surface area contributed by atoms with Crippen molar-refractivity contribution in [2.24, 2.45) is 0 Å². The maximum absolute atomic E-state index is 5.72. The first-order valence-electron chi connectivity index (χ1n) is 4.74. The Bertz CT molecular complexity index is 445. The molecule has 0 fully saturated rings. The van der Waals surface area contributed by atoms with Crippen molar-refractivity contribution in [1.82, 2.24) is 9.38 Å². The summed E-state index contributed by atoms with van der Waals surface area (Å²) in [6.45, 7) is 4.36. The molecule has 0 atom stereocenters. The van der Waals surface area contributed by atoms with Gasteiger partial charge >= 0.3 is 0 Å². The van der Waals surface area contributed by atoms with E-state index in [4.69, 9.17) is 11.6 Å². The van der Waals surface area contributed by atoms with Gasteiger partial charge in [0, 0.05) is 12.4 Å². The Hall–Kier alpha value is -1.02. The van der Waals surface area contributed by atoms with Gasteiger partial charge in [0.2, 0.25) is 0 Å². The average molecular weight is 209 g/mol. The van der Waals surface area contributed by atoms with Gasteiger partial charge in [-0.3, -0.25) is 0 Å². The molecule has 2 nitrogen and oxygen atoms in total. The molecule has 0 spiro atoms. The van der Waals surface area contributed by atoms with E-state index in [9.17, 15) is 0 Å². The molecule has 0 aliphatic heterocycles. The third-order valence-corrected chi connectivity index (χ3v) is 2.61. The van der Waals surface area contributed by atoms with E-state index < -0.39 is 0 Å². The molecule has 0 N–H and O–H groups in total. The molecular formula is C11H13ClN2. The lowest BCUT2D eigenvalue weighted by molar-refractivity contribution is 0.863. The van der Waals surface area contributed by atoms with E-state index in [0.29, 0.717) is 11.8 Å². The van der Waals surface area contributed by atoms with Gasteiger partial charge in [0.25, 0.3) is 0 Å². The highest BCUT2D eigenvalue weighted by Gasteiger charge is 2.03. The summed E-state index contributed by atoms with van der Waals surface area (Å²) in [5, 5.41) is 0. The van der Waals surface area contributed by atoms with Crippen molar-refractivity contribution in [2.45, 2.75) is 25.6 Å². The van der Waals surface area contributed by atoms with Gasteiger partial charge in [-0.25, -0.2) is 4.98 Å². The van der Waals surface area contributed by atoms with Crippen molar-refractivity contribution < 1.29 is 0 Å². The molecule has 0 saturated heterocycles. The van der Waals surface area contributed by atoms with Crippen molar-refractivity contribution in [1.29, 1.82) is 0 Å². The average Bonchev–Trinajstić information content (AvgIpc) is 2.58. The first-order chi connectivity index (χ1) is 6.70. The Balaban J connectivity index is 2.54. The number of fused-ring (bicyclic) bond motifs is 1. The number of alkyl halides is 1. The van der Waals surface area contributed by atoms with Crippen LogP contribution in [0.1, 0.15) is 31.0 Å². The summed E-state index contributed by atoms with van der Waals surface area (Å²) in [6, 6.07) is 4.23. The van der Waals surface area contributed by atoms with E-state index in [0.717, 1.165) is 11.3 Å². The summed E-state index contributed by atoms with van der Waals surface area (Å²) >= 11 is 5.72. The summed E-state index contributed by atoms with van der Waals surface area (Å²) in [5.74, 6) is 1.01. The van der Waals surface area contributed by atoms with E-state index in [1.165, 1.54) is 5.56 Å². The second kappa shape index (κ2) is 3.62. The van der Waals surface area contributed by atoms with Crippen LogP contribution in [0.3, 0.4) is 0 Å². The zero-order valence-corrected chi connectivity index (χ0v) is 9.12. The highest BCUT2D eigenvalue weighted by molar-refractivity contribution is 6.16. The zero-order chi connectivity index (χ0) is 10.1. The van der Waals surface area contributed by atoms with Gasteiger partial charge in [-0.1, -0.05) is 13.8 Å². The monoisotopic (exact) mass is 208 g/mol. The van der Waals surface area contributed by atoms with Gasteiger partial charge in [-0.2, -0.15) is 0 Å². The van der Waals surface area contributed by atoms with E-state index >= 15 is 0 Å². The van der Waals surface area contributed by atoms with Crippen LogP contribution >= 0.6 is 11.6 Å². The van der Waals surface area contributed by atoms with Crippen LogP contribution in [0.4, 0.5) is 0 Å². The van der Waals surface area contributed by atoms with Gasteiger partial charge in [0.1, 0.15) is 5.65 Å². The predicted molar refractivity (Wildman–Crippen MR) is 58.8 cm³/mol. The Morgan fingerprint density at radius 2 is 2.29 bits per heavy atom. The maximum Gasteiger partial charge on any atom is 0.137 e. The first kappa shape index (κ1) is 9.53. The molecule has 2 aromatic rings. The second-order valence-electron chi connectivity index (χ2n) is 3.75. The molecule has 2 rings (SSSR count). The van der Waals surface area contributed by atoms with E-state index in [2.05, 4.69) is 31.0 Å². The van der Waals surface area contributed by atoms with Crippen molar-refractivity contribution in [2.75, 3.05) is 0 Å². The minimum atomic E-state index is 0.471. The Labute approximate surface area is 88.5 Å². The van der Waals surface area contributed by atoms with Crippen LogP contribution < -0.4 is 0 Å². The van der Waals surface area contributed by atoms with Gasteiger partial charge in [0.15, 0.2) is 0 Å². The zero-order valence-electron chi connectivity index (χ0n) is 8.37. The van der Waals surface area contributed by atoms with Crippen LogP contribution in [0.5, 0.6) is 0 Å². The minimum Gasteiger partial charge on any atom is -0.307 e. The number of nitrogens with zero attached hydrogens (tertiary/aromatic N) is 2. The molecular weight excluding hydrogens is 196 g/mol. The third-order valence-electron chi connectivity index (χ3n) is 2.34. The summed E-state index contributed by atoms with van der Waals surface area (Å²) in [7, 11) is 0. The van der Waals surface area contributed by atoms with Crippen molar-refractivity contribution >= 4 is 17.2 Å². The number of pyridine rings is 1. The van der Waals surface area contributed by atoms with Gasteiger partial charge in [-0.15, -0.1) is 11.6 Å². The van der Waals surface area contributed by atoms with Crippen molar-refractivity contribution in [3.63, 3.8) is 0 Å². The fraction of sp³-hybridized carbons (Fsp3) is 0.364. The first-order valence-corrected chi connectivity index (χ1v) is 5.27. The summed E-state index contributed by atoms with van der Waals surface area (Å²) in [5.41, 5.74) is 3.21. The molecule has 0 aliphatic carbocycles. The molecule has 0 amide bonds. The standard InChI is InChI=1S/C11H13ClN2/c1-8(2)9-3-4-14-7-10(6-12)13-11(14)5-9/h3-5,7-8H,6H2,1-2H3. The fourth-order valence-corrected chi connectivity index (χ4v) is 1.60. The lowest BCUT2D eigenvalue weighted by Crippen LogP contribution is -1.90. The van der Waals surface area contributed by atoms with Crippen LogP contribution in [-0.4, -0.2) is 9.38 Å². The molecule has 14 heavy (non-hydrogen) atoms. The van der Waals surface area contributed by atoms with E-state index in [-0.39, 0.29) is 0 Å². The van der Waals surface area contributed by atoms with Crippen LogP contribution in [0.2, 0.25) is 0 Å². The summed E-state index contributed by atoms with van der Waals surface area (Å²) in [6.07, 6.45) is 4.00. The van der Waals surface area contributed by atoms with Crippen LogP contribution in [0.15, 0.2) is 24.5 Å². The molecule has 2 aromatic heterocycles. The summed E-state index contributed by atoms with van der Waals surface area (Å²) < 4.78 is 2.00. The summed E-state index contributed by atoms with van der Waals surface area (Å²) in [4.78, 5) is 4.41. The SMILES string of the molecule is CC(C)c1ccn2cc(CCl)nc2c1. The van der Waals surface area contributed by atoms with Crippen LogP contribution in [0, 0.1) is 0 Å². The topological polar surface area (TPSA) is 17.3 Å². The lowest BCUT2D eigenvalue weighted by Gasteiger charge is -2.04. The Morgan fingerprint density at radius 3 is 2.93 bits per heavy atom. The fourth-order valence-electron chi connectivity index (χ4n) is 1.47. The second-order valence-corrected chi connectivity index (χ2v) is 4.01. The van der Waals surface area contributed by atoms with Crippen LogP contribution in [0.25, 0.3) is 5.65 Å². The number of hydrogen-bond acceptors (Lipinski definition) is 1. The smallest absolute Gasteiger partial charge is 0.137 e. The third kappa shape index (κ3) is 1.62. The van der Waals surface area contributed by atoms with Crippen molar-refractivity contribution in [3.8, 4) is 0 Å². The number of rotatable bonds is 2. The van der Waals surface area contributed by atoms with Crippen LogP contribution in [-0.2, 0) is 5.88 Å². The molecule has 0 unspecified atom stereocenters. The van der Waals surface area contributed by atoms with Gasteiger partial charge < -0.3 is 4.40 Å². The van der Waals surface area contributed by atoms with Gasteiger partial charge in [0.05, 0.1) is 11.6 Å². The highest BCUT2D eigenvalue weighted by atomic mass is 35.5. The van der Waals surface area contributed by atoms with Crippen molar-refractivity contribution in [3.05, 3.63) is 35.8 Å². The quantitative estimate of drug-likeness (QED) is 0.693. The molecule has 0 radical (unpaired) electrons. The minimum absolute atomic E-state index is 0.471.